The second kappa shape index (κ2) is 8.46. The van der Waals surface area contributed by atoms with Crippen molar-refractivity contribution < 1.29 is 0 Å². The summed E-state index contributed by atoms with van der Waals surface area (Å²) in [5.74, 6) is 1.48. The van der Waals surface area contributed by atoms with Crippen molar-refractivity contribution in [1.82, 2.24) is 4.90 Å². The zero-order valence-electron chi connectivity index (χ0n) is 19.0. The smallest absolute Gasteiger partial charge is 0.0988 e. The lowest BCUT2D eigenvalue weighted by Crippen LogP contribution is -2.38. The largest absolute Gasteiger partial charge is 0.372 e. The Morgan fingerprint density at radius 2 is 1.83 bits per heavy atom. The molecule has 1 aromatic rings. The lowest BCUT2D eigenvalue weighted by Gasteiger charge is -2.43. The van der Waals surface area contributed by atoms with Crippen LogP contribution in [0.5, 0.6) is 0 Å². The Labute approximate surface area is 183 Å². The summed E-state index contributed by atoms with van der Waals surface area (Å²) in [6, 6.07) is 7.23. The maximum Gasteiger partial charge on any atom is 0.0988 e. The molecule has 0 aromatic heterocycles. The number of piperidine rings is 1. The van der Waals surface area contributed by atoms with Crippen LogP contribution in [0.15, 0.2) is 42.5 Å². The predicted octanol–water partition coefficient (Wildman–Crippen LogP) is 6.79. The molecule has 0 amide bonds. The van der Waals surface area contributed by atoms with Crippen molar-refractivity contribution in [1.29, 1.82) is 5.26 Å². The highest BCUT2D eigenvalue weighted by molar-refractivity contribution is 5.67. The zero-order valence-corrected chi connectivity index (χ0v) is 19.0. The van der Waals surface area contributed by atoms with Gasteiger partial charge in [0.1, 0.15) is 0 Å². The fourth-order valence-corrected chi connectivity index (χ4v) is 5.46. The Kier molecular flexibility index (Phi) is 5.92. The van der Waals surface area contributed by atoms with Gasteiger partial charge in [0.25, 0.3) is 0 Å². The molecule has 158 valence electrons. The Morgan fingerprint density at radius 1 is 1.13 bits per heavy atom. The minimum Gasteiger partial charge on any atom is -0.372 e. The van der Waals surface area contributed by atoms with Crippen LogP contribution in [0.3, 0.4) is 0 Å². The molecule has 2 aliphatic carbocycles. The average Bonchev–Trinajstić information content (AvgIpc) is 3.63. The fourth-order valence-electron chi connectivity index (χ4n) is 5.46. The molecule has 1 unspecified atom stereocenters. The van der Waals surface area contributed by atoms with E-state index in [9.17, 15) is 0 Å². The molecule has 1 aliphatic heterocycles. The van der Waals surface area contributed by atoms with E-state index in [0.717, 1.165) is 43.8 Å². The van der Waals surface area contributed by atoms with E-state index < -0.39 is 0 Å². The third kappa shape index (κ3) is 4.00. The number of rotatable bonds is 6. The number of nitriles is 1. The maximum atomic E-state index is 9.12. The van der Waals surface area contributed by atoms with E-state index in [1.165, 1.54) is 48.1 Å². The standard InChI is InChI=1S/C28H36N2/c1-5-22-18-27(24-7-8-24)23(6-2)17-26(22)20(3)30-15-11-25(12-16-30)28(4)13-9-21(19-29)10-14-28/h9-10,13,17-18,24-25H,3,5-8,11-12,14-16H2,1-2,4H3. The van der Waals surface area contributed by atoms with Gasteiger partial charge in [0.15, 0.2) is 0 Å². The molecule has 0 bridgehead atoms. The van der Waals surface area contributed by atoms with Gasteiger partial charge in [0, 0.05) is 29.9 Å². The lowest BCUT2D eigenvalue weighted by atomic mass is 9.68. The molecular formula is C28H36N2. The molecule has 1 heterocycles. The van der Waals surface area contributed by atoms with Crippen LogP contribution >= 0.6 is 0 Å². The van der Waals surface area contributed by atoms with Crippen LogP contribution in [0.25, 0.3) is 5.70 Å². The third-order valence-corrected chi connectivity index (χ3v) is 7.80. The summed E-state index contributed by atoms with van der Waals surface area (Å²) in [6.07, 6.45) is 14.7. The summed E-state index contributed by atoms with van der Waals surface area (Å²) in [5, 5.41) is 9.12. The molecule has 1 aromatic carbocycles. The van der Waals surface area contributed by atoms with E-state index in [0.29, 0.717) is 5.92 Å². The van der Waals surface area contributed by atoms with Crippen molar-refractivity contribution in [3.05, 3.63) is 64.8 Å². The first kappa shape index (κ1) is 21.0. The van der Waals surface area contributed by atoms with Gasteiger partial charge in [-0.1, -0.05) is 45.6 Å². The number of hydrogen-bond donors (Lipinski definition) is 0. The molecule has 1 saturated carbocycles. The van der Waals surface area contributed by atoms with Gasteiger partial charge in [-0.25, -0.2) is 0 Å². The van der Waals surface area contributed by atoms with Crippen molar-refractivity contribution in [2.45, 2.75) is 71.6 Å². The van der Waals surface area contributed by atoms with E-state index in [1.54, 1.807) is 5.56 Å². The topological polar surface area (TPSA) is 27.0 Å². The van der Waals surface area contributed by atoms with Crippen LogP contribution in [0.4, 0.5) is 0 Å². The minimum absolute atomic E-state index is 0.184. The molecule has 2 nitrogen and oxygen atoms in total. The first-order chi connectivity index (χ1) is 14.5. The zero-order chi connectivity index (χ0) is 21.3. The molecule has 1 saturated heterocycles. The van der Waals surface area contributed by atoms with Crippen molar-refractivity contribution in [3.63, 3.8) is 0 Å². The van der Waals surface area contributed by atoms with E-state index in [4.69, 9.17) is 5.26 Å². The number of hydrogen-bond acceptors (Lipinski definition) is 2. The SMILES string of the molecule is C=C(c1cc(CC)c(C2CC2)cc1CC)N1CCC(C2(C)C=CC(C#N)=CC2)CC1. The van der Waals surface area contributed by atoms with Gasteiger partial charge in [-0.3, -0.25) is 0 Å². The van der Waals surface area contributed by atoms with Crippen LogP contribution in [-0.4, -0.2) is 18.0 Å². The van der Waals surface area contributed by atoms with Crippen LogP contribution < -0.4 is 0 Å². The van der Waals surface area contributed by atoms with Gasteiger partial charge in [-0.15, -0.1) is 0 Å². The highest BCUT2D eigenvalue weighted by Gasteiger charge is 2.35. The number of likely N-dealkylation sites (tertiary alicyclic amines) is 1. The summed E-state index contributed by atoms with van der Waals surface area (Å²) in [7, 11) is 0. The highest BCUT2D eigenvalue weighted by atomic mass is 15.1. The van der Waals surface area contributed by atoms with E-state index >= 15 is 0 Å². The van der Waals surface area contributed by atoms with Gasteiger partial charge in [0.05, 0.1) is 6.07 Å². The van der Waals surface area contributed by atoms with Crippen molar-refractivity contribution in [2.75, 3.05) is 13.1 Å². The Hall–Kier alpha value is -2.27. The quantitative estimate of drug-likeness (QED) is 0.526. The van der Waals surface area contributed by atoms with Crippen molar-refractivity contribution in [2.24, 2.45) is 11.3 Å². The molecule has 2 heteroatoms. The van der Waals surface area contributed by atoms with Gasteiger partial charge in [0.2, 0.25) is 0 Å². The first-order valence-electron chi connectivity index (χ1n) is 11.9. The van der Waals surface area contributed by atoms with Gasteiger partial charge < -0.3 is 4.90 Å². The summed E-state index contributed by atoms with van der Waals surface area (Å²) in [5.41, 5.74) is 8.20. The summed E-state index contributed by atoms with van der Waals surface area (Å²) in [6.45, 7) is 13.7. The third-order valence-electron chi connectivity index (χ3n) is 7.80. The molecular weight excluding hydrogens is 364 g/mol. The van der Waals surface area contributed by atoms with Crippen molar-refractivity contribution >= 4 is 5.70 Å². The van der Waals surface area contributed by atoms with E-state index in [2.05, 4.69) is 62.6 Å². The Balaban J connectivity index is 1.47. The average molecular weight is 401 g/mol. The molecule has 0 N–H and O–H groups in total. The number of nitrogens with zero attached hydrogens (tertiary/aromatic N) is 2. The number of allylic oxidation sites excluding steroid dienone is 4. The summed E-state index contributed by atoms with van der Waals surface area (Å²) < 4.78 is 0. The summed E-state index contributed by atoms with van der Waals surface area (Å²) in [4.78, 5) is 2.52. The monoisotopic (exact) mass is 400 g/mol. The second-order valence-corrected chi connectivity index (χ2v) is 9.71. The number of aryl methyl sites for hydroxylation is 2. The lowest BCUT2D eigenvalue weighted by molar-refractivity contribution is 0.153. The molecule has 4 rings (SSSR count). The van der Waals surface area contributed by atoms with Gasteiger partial charge in [-0.05, 0) is 91.0 Å². The predicted molar refractivity (Wildman–Crippen MR) is 126 cm³/mol. The Morgan fingerprint density at radius 3 is 2.37 bits per heavy atom. The van der Waals surface area contributed by atoms with Gasteiger partial charge in [-0.2, -0.15) is 5.26 Å². The normalized spacial score (nSPS) is 24.5. The van der Waals surface area contributed by atoms with Crippen molar-refractivity contribution in [3.8, 4) is 6.07 Å². The molecule has 2 fully saturated rings. The molecule has 0 spiro atoms. The highest BCUT2D eigenvalue weighted by Crippen LogP contribution is 2.45. The van der Waals surface area contributed by atoms with Crippen LogP contribution in [0, 0.1) is 22.7 Å². The molecule has 1 atom stereocenters. The Bertz CT molecular complexity index is 917. The van der Waals surface area contributed by atoms with E-state index in [-0.39, 0.29) is 5.41 Å². The molecule has 3 aliphatic rings. The number of benzene rings is 1. The first-order valence-corrected chi connectivity index (χ1v) is 11.9. The maximum absolute atomic E-state index is 9.12. The van der Waals surface area contributed by atoms with E-state index in [1.807, 2.05) is 6.08 Å². The summed E-state index contributed by atoms with van der Waals surface area (Å²) >= 11 is 0. The molecule has 30 heavy (non-hydrogen) atoms. The van der Waals surface area contributed by atoms with Crippen LogP contribution in [0.1, 0.15) is 81.0 Å². The second-order valence-electron chi connectivity index (χ2n) is 9.71. The van der Waals surface area contributed by atoms with Gasteiger partial charge >= 0.3 is 0 Å². The van der Waals surface area contributed by atoms with Crippen LogP contribution in [-0.2, 0) is 12.8 Å². The fraction of sp³-hybridized carbons (Fsp3) is 0.536. The molecule has 0 radical (unpaired) electrons. The minimum atomic E-state index is 0.184. The van der Waals surface area contributed by atoms with Crippen LogP contribution in [0.2, 0.25) is 0 Å².